The summed E-state index contributed by atoms with van der Waals surface area (Å²) >= 11 is 14.5. The Morgan fingerprint density at radius 1 is 1.19 bits per heavy atom. The van der Waals surface area contributed by atoms with Crippen LogP contribution in [0.15, 0.2) is 18.2 Å². The summed E-state index contributed by atoms with van der Waals surface area (Å²) in [6.07, 6.45) is 1.89. The van der Waals surface area contributed by atoms with Crippen molar-refractivity contribution in [2.75, 3.05) is 11.9 Å². The molecule has 1 aromatic carbocycles. The Morgan fingerprint density at radius 2 is 1.95 bits per heavy atom. The van der Waals surface area contributed by atoms with Crippen molar-refractivity contribution in [1.29, 1.82) is 0 Å². The van der Waals surface area contributed by atoms with E-state index in [-0.39, 0.29) is 0 Å². The monoisotopic (exact) mass is 435 g/mol. The van der Waals surface area contributed by atoms with E-state index >= 15 is 0 Å². The number of anilines is 1. The number of halogens is 3. The molecule has 0 aliphatic carbocycles. The zero-order valence-corrected chi connectivity index (χ0v) is 15.6. The summed E-state index contributed by atoms with van der Waals surface area (Å²) in [4.78, 5) is 9.26. The normalized spacial score (nSPS) is 10.7. The molecule has 112 valence electrons. The van der Waals surface area contributed by atoms with Gasteiger partial charge in [0.15, 0.2) is 5.82 Å². The van der Waals surface area contributed by atoms with Crippen molar-refractivity contribution in [3.8, 4) is 11.4 Å². The molecule has 0 radical (unpaired) electrons. The second-order valence-electron chi connectivity index (χ2n) is 4.56. The van der Waals surface area contributed by atoms with E-state index < -0.39 is 0 Å². The largest absolute Gasteiger partial charge is 0.369 e. The van der Waals surface area contributed by atoms with Gasteiger partial charge in [-0.15, -0.1) is 0 Å². The average Bonchev–Trinajstić information content (AvgIpc) is 2.46. The Kier molecular flexibility index (Phi) is 6.08. The van der Waals surface area contributed by atoms with Crippen LogP contribution in [-0.2, 0) is 6.42 Å². The van der Waals surface area contributed by atoms with Crippen LogP contribution in [0.1, 0.15) is 26.0 Å². The molecule has 0 aliphatic heterocycles. The van der Waals surface area contributed by atoms with Crippen LogP contribution in [-0.4, -0.2) is 16.5 Å². The van der Waals surface area contributed by atoms with E-state index in [0.717, 1.165) is 40.0 Å². The topological polar surface area (TPSA) is 37.8 Å². The summed E-state index contributed by atoms with van der Waals surface area (Å²) < 4.78 is 1.07. The van der Waals surface area contributed by atoms with Gasteiger partial charge in [0.2, 0.25) is 0 Å². The predicted molar refractivity (Wildman–Crippen MR) is 98.4 cm³/mol. The Bertz CT molecular complexity index is 647. The highest BCUT2D eigenvalue weighted by atomic mass is 127. The second-order valence-corrected chi connectivity index (χ2v) is 6.48. The van der Waals surface area contributed by atoms with Crippen LogP contribution in [0.25, 0.3) is 11.4 Å². The molecule has 0 fully saturated rings. The van der Waals surface area contributed by atoms with E-state index in [2.05, 4.69) is 51.7 Å². The minimum Gasteiger partial charge on any atom is -0.369 e. The molecule has 0 aliphatic rings. The molecule has 1 N–H and O–H groups in total. The van der Waals surface area contributed by atoms with Gasteiger partial charge in [0.1, 0.15) is 5.82 Å². The van der Waals surface area contributed by atoms with E-state index in [1.165, 1.54) is 0 Å². The Morgan fingerprint density at radius 3 is 2.57 bits per heavy atom. The fraction of sp³-hybridized carbons (Fsp3) is 0.333. The third-order valence-corrected chi connectivity index (χ3v) is 4.65. The van der Waals surface area contributed by atoms with Gasteiger partial charge in [0.05, 0.1) is 14.3 Å². The van der Waals surface area contributed by atoms with Gasteiger partial charge in [-0.25, -0.2) is 9.97 Å². The van der Waals surface area contributed by atoms with Crippen molar-refractivity contribution in [1.82, 2.24) is 9.97 Å². The summed E-state index contributed by atoms with van der Waals surface area (Å²) in [5, 5.41) is 4.52. The molecule has 0 atom stereocenters. The molecule has 0 unspecified atom stereocenters. The third kappa shape index (κ3) is 3.99. The molecular formula is C15H16Cl2IN3. The molecule has 1 aromatic heterocycles. The van der Waals surface area contributed by atoms with Crippen molar-refractivity contribution in [3.63, 3.8) is 0 Å². The maximum Gasteiger partial charge on any atom is 0.163 e. The first-order valence-electron chi connectivity index (χ1n) is 6.82. The smallest absolute Gasteiger partial charge is 0.163 e. The Hall–Kier alpha value is -0.590. The van der Waals surface area contributed by atoms with E-state index in [9.17, 15) is 0 Å². The zero-order valence-electron chi connectivity index (χ0n) is 11.9. The first-order chi connectivity index (χ1) is 10.1. The Labute approximate surface area is 148 Å². The molecule has 0 amide bonds. The predicted octanol–water partition coefficient (Wildman–Crippen LogP) is 5.44. The number of rotatable bonds is 5. The van der Waals surface area contributed by atoms with Crippen molar-refractivity contribution >= 4 is 51.6 Å². The van der Waals surface area contributed by atoms with Crippen LogP contribution in [0.5, 0.6) is 0 Å². The minimum atomic E-state index is 0.562. The highest BCUT2D eigenvalue weighted by Crippen LogP contribution is 2.30. The number of hydrogen-bond donors (Lipinski definition) is 1. The minimum absolute atomic E-state index is 0.562. The van der Waals surface area contributed by atoms with E-state index in [4.69, 9.17) is 23.2 Å². The summed E-state index contributed by atoms with van der Waals surface area (Å²) in [6, 6.07) is 5.37. The fourth-order valence-electron chi connectivity index (χ4n) is 1.88. The highest BCUT2D eigenvalue weighted by molar-refractivity contribution is 14.1. The fourth-order valence-corrected chi connectivity index (χ4v) is 3.19. The summed E-state index contributed by atoms with van der Waals surface area (Å²) in [5.74, 6) is 1.50. The molecule has 0 saturated heterocycles. The van der Waals surface area contributed by atoms with Crippen molar-refractivity contribution in [2.45, 2.75) is 26.7 Å². The number of hydrogen-bond acceptors (Lipinski definition) is 3. The van der Waals surface area contributed by atoms with Crippen LogP contribution in [0.2, 0.25) is 10.0 Å². The van der Waals surface area contributed by atoms with Gasteiger partial charge < -0.3 is 5.32 Å². The molecule has 6 heteroatoms. The lowest BCUT2D eigenvalue weighted by molar-refractivity contribution is 0.943. The van der Waals surface area contributed by atoms with Gasteiger partial charge in [-0.2, -0.15) is 0 Å². The number of nitrogens with one attached hydrogen (secondary N) is 1. The zero-order chi connectivity index (χ0) is 15.4. The van der Waals surface area contributed by atoms with Gasteiger partial charge >= 0.3 is 0 Å². The van der Waals surface area contributed by atoms with Gasteiger partial charge in [-0.3, -0.25) is 0 Å². The summed E-state index contributed by atoms with van der Waals surface area (Å²) in [5.41, 5.74) is 1.82. The molecule has 0 bridgehead atoms. The summed E-state index contributed by atoms with van der Waals surface area (Å²) in [7, 11) is 0. The lowest BCUT2D eigenvalue weighted by Gasteiger charge is -2.12. The highest BCUT2D eigenvalue weighted by Gasteiger charge is 2.14. The van der Waals surface area contributed by atoms with E-state index in [1.54, 1.807) is 12.1 Å². The molecular weight excluding hydrogens is 420 g/mol. The standard InChI is InChI=1S/C15H16Cl2IN3/c1-3-7-19-15-13(18)12(4-2)20-14(21-15)10-6-5-9(16)8-11(10)17/h5-6,8H,3-4,7H2,1-2H3,(H,19,20,21). The van der Waals surface area contributed by atoms with Crippen LogP contribution in [0.4, 0.5) is 5.82 Å². The molecule has 3 nitrogen and oxygen atoms in total. The van der Waals surface area contributed by atoms with Gasteiger partial charge in [0.25, 0.3) is 0 Å². The lowest BCUT2D eigenvalue weighted by Crippen LogP contribution is -2.09. The quantitative estimate of drug-likeness (QED) is 0.635. The van der Waals surface area contributed by atoms with E-state index in [1.807, 2.05) is 6.07 Å². The molecule has 0 spiro atoms. The Balaban J connectivity index is 2.52. The van der Waals surface area contributed by atoms with Gasteiger partial charge in [0, 0.05) is 17.1 Å². The molecule has 2 rings (SSSR count). The maximum absolute atomic E-state index is 6.27. The lowest BCUT2D eigenvalue weighted by atomic mass is 10.2. The van der Waals surface area contributed by atoms with Crippen LogP contribution >= 0.6 is 45.8 Å². The van der Waals surface area contributed by atoms with Crippen LogP contribution in [0, 0.1) is 3.57 Å². The molecule has 2 aromatic rings. The first kappa shape index (κ1) is 16.8. The average molecular weight is 436 g/mol. The van der Waals surface area contributed by atoms with Crippen LogP contribution < -0.4 is 5.32 Å². The van der Waals surface area contributed by atoms with Crippen molar-refractivity contribution in [3.05, 3.63) is 37.5 Å². The van der Waals surface area contributed by atoms with Gasteiger partial charge in [-0.05, 0) is 53.6 Å². The van der Waals surface area contributed by atoms with Crippen molar-refractivity contribution < 1.29 is 0 Å². The maximum atomic E-state index is 6.27. The van der Waals surface area contributed by atoms with E-state index in [0.29, 0.717) is 15.9 Å². The number of aryl methyl sites for hydroxylation is 1. The van der Waals surface area contributed by atoms with Crippen LogP contribution in [0.3, 0.4) is 0 Å². The number of nitrogens with zero attached hydrogens (tertiary/aromatic N) is 2. The number of aromatic nitrogens is 2. The SMILES string of the molecule is CCCNc1nc(-c2ccc(Cl)cc2Cl)nc(CC)c1I. The third-order valence-electron chi connectivity index (χ3n) is 2.97. The van der Waals surface area contributed by atoms with Crippen molar-refractivity contribution in [2.24, 2.45) is 0 Å². The first-order valence-corrected chi connectivity index (χ1v) is 8.66. The molecule has 1 heterocycles. The number of benzene rings is 1. The summed E-state index contributed by atoms with van der Waals surface area (Å²) in [6.45, 7) is 5.09. The molecule has 0 saturated carbocycles. The van der Waals surface area contributed by atoms with Gasteiger partial charge in [-0.1, -0.05) is 37.0 Å². The molecule has 21 heavy (non-hydrogen) atoms. The second kappa shape index (κ2) is 7.61.